The average molecular weight is 376 g/mol. The van der Waals surface area contributed by atoms with E-state index in [9.17, 15) is 0 Å². The summed E-state index contributed by atoms with van der Waals surface area (Å²) in [5.41, 5.74) is 1.14. The second-order valence-corrected chi connectivity index (χ2v) is 6.96. The van der Waals surface area contributed by atoms with E-state index < -0.39 is 0 Å². The number of benzene rings is 1. The summed E-state index contributed by atoms with van der Waals surface area (Å²) in [6.07, 6.45) is 4.39. The van der Waals surface area contributed by atoms with E-state index in [1.54, 1.807) is 13.3 Å². The van der Waals surface area contributed by atoms with Gasteiger partial charge in [0.2, 0.25) is 0 Å². The van der Waals surface area contributed by atoms with Gasteiger partial charge in [0.25, 0.3) is 0 Å². The van der Waals surface area contributed by atoms with E-state index >= 15 is 0 Å². The van der Waals surface area contributed by atoms with Crippen molar-refractivity contribution in [3.63, 3.8) is 0 Å². The van der Waals surface area contributed by atoms with E-state index in [0.717, 1.165) is 62.3 Å². The van der Waals surface area contributed by atoms with Crippen LogP contribution in [0.5, 0.6) is 0 Å². The Morgan fingerprint density at radius 2 is 1.96 bits per heavy atom. The number of rotatable bonds is 6. The van der Waals surface area contributed by atoms with E-state index in [2.05, 4.69) is 27.8 Å². The predicted molar refractivity (Wildman–Crippen MR) is 105 cm³/mol. The summed E-state index contributed by atoms with van der Waals surface area (Å²) >= 11 is 6.51. The molecule has 0 saturated carbocycles. The minimum Gasteiger partial charge on any atom is -0.469 e. The molecule has 0 amide bonds. The summed E-state index contributed by atoms with van der Waals surface area (Å²) in [4.78, 5) is 4.34. The molecule has 0 bridgehead atoms. The van der Waals surface area contributed by atoms with Crippen molar-refractivity contribution in [2.45, 2.75) is 24.7 Å². The Morgan fingerprint density at radius 1 is 1.15 bits per heavy atom. The van der Waals surface area contributed by atoms with Crippen LogP contribution >= 0.6 is 11.6 Å². The van der Waals surface area contributed by atoms with Crippen molar-refractivity contribution in [1.29, 1.82) is 0 Å². The van der Waals surface area contributed by atoms with Crippen LogP contribution in [0.4, 0.5) is 0 Å². The zero-order chi connectivity index (χ0) is 18.2. The molecule has 140 valence electrons. The van der Waals surface area contributed by atoms with E-state index in [0.29, 0.717) is 0 Å². The Balaban J connectivity index is 1.62. The van der Waals surface area contributed by atoms with Crippen LogP contribution in [0.15, 0.2) is 52.1 Å². The summed E-state index contributed by atoms with van der Waals surface area (Å²) in [7, 11) is 1.79. The Kier molecular flexibility index (Phi) is 6.58. The molecular formula is C20H26ClN3O2. The van der Waals surface area contributed by atoms with Gasteiger partial charge in [0.15, 0.2) is 5.96 Å². The normalized spacial score (nSPS) is 17.1. The number of aliphatic imine (C=N–C) groups is 1. The molecule has 1 aromatic heterocycles. The lowest BCUT2D eigenvalue weighted by atomic mass is 9.74. The first-order chi connectivity index (χ1) is 12.7. The molecule has 6 heteroatoms. The zero-order valence-corrected chi connectivity index (χ0v) is 15.9. The van der Waals surface area contributed by atoms with Crippen LogP contribution in [-0.2, 0) is 16.6 Å². The van der Waals surface area contributed by atoms with Gasteiger partial charge in [-0.15, -0.1) is 0 Å². The molecule has 5 nitrogen and oxygen atoms in total. The van der Waals surface area contributed by atoms with Crippen LogP contribution in [0.25, 0.3) is 0 Å². The van der Waals surface area contributed by atoms with Crippen LogP contribution in [0.1, 0.15) is 24.2 Å². The van der Waals surface area contributed by atoms with E-state index in [-0.39, 0.29) is 5.41 Å². The number of hydrogen-bond donors (Lipinski definition) is 2. The van der Waals surface area contributed by atoms with Gasteiger partial charge in [-0.05, 0) is 36.6 Å². The van der Waals surface area contributed by atoms with Gasteiger partial charge in [-0.2, -0.15) is 0 Å². The third-order valence-electron chi connectivity index (χ3n) is 4.96. The fraction of sp³-hybridized carbons (Fsp3) is 0.450. The summed E-state index contributed by atoms with van der Waals surface area (Å²) < 4.78 is 11.0. The Morgan fingerprint density at radius 3 is 2.65 bits per heavy atom. The molecule has 2 heterocycles. The summed E-state index contributed by atoms with van der Waals surface area (Å²) in [6.45, 7) is 3.02. The highest BCUT2D eigenvalue weighted by atomic mass is 35.5. The van der Waals surface area contributed by atoms with Gasteiger partial charge in [0.1, 0.15) is 5.76 Å². The zero-order valence-electron chi connectivity index (χ0n) is 15.1. The molecule has 0 spiro atoms. The molecule has 1 fully saturated rings. The largest absolute Gasteiger partial charge is 0.469 e. The van der Waals surface area contributed by atoms with Gasteiger partial charge in [-0.25, -0.2) is 0 Å². The Labute approximate surface area is 159 Å². The molecule has 3 rings (SSSR count). The Bertz CT molecular complexity index is 710. The molecule has 0 radical (unpaired) electrons. The molecule has 1 aliphatic heterocycles. The van der Waals surface area contributed by atoms with Gasteiger partial charge in [-0.1, -0.05) is 29.8 Å². The van der Waals surface area contributed by atoms with Crippen LogP contribution < -0.4 is 10.6 Å². The molecule has 26 heavy (non-hydrogen) atoms. The first-order valence-electron chi connectivity index (χ1n) is 9.03. The van der Waals surface area contributed by atoms with Crippen LogP contribution in [0.3, 0.4) is 0 Å². The van der Waals surface area contributed by atoms with E-state index in [4.69, 9.17) is 20.8 Å². The van der Waals surface area contributed by atoms with Crippen molar-refractivity contribution in [3.8, 4) is 0 Å². The molecule has 0 aliphatic carbocycles. The summed E-state index contributed by atoms with van der Waals surface area (Å²) in [5.74, 6) is 1.75. The third kappa shape index (κ3) is 4.59. The first-order valence-corrected chi connectivity index (χ1v) is 9.41. The SMILES string of the molecule is CN=C(NCCc1ccco1)NCC1(c2ccccc2Cl)CCOCC1. The molecule has 1 saturated heterocycles. The van der Waals surface area contributed by atoms with Gasteiger partial charge in [0.05, 0.1) is 6.26 Å². The standard InChI is InChI=1S/C20H26ClN3O2/c1-22-19(23-11-8-16-5-4-12-26-16)24-15-20(9-13-25-14-10-20)17-6-2-3-7-18(17)21/h2-7,12H,8-11,13-15H2,1H3,(H2,22,23,24). The number of nitrogens with one attached hydrogen (secondary N) is 2. The number of furan rings is 1. The van der Waals surface area contributed by atoms with Gasteiger partial charge >= 0.3 is 0 Å². The van der Waals surface area contributed by atoms with Crippen LogP contribution in [-0.4, -0.2) is 39.3 Å². The van der Waals surface area contributed by atoms with Crippen molar-refractivity contribution in [2.75, 3.05) is 33.4 Å². The second kappa shape index (κ2) is 9.10. The molecule has 0 unspecified atom stereocenters. The highest BCUT2D eigenvalue weighted by molar-refractivity contribution is 6.31. The van der Waals surface area contributed by atoms with Gasteiger partial charge < -0.3 is 19.8 Å². The average Bonchev–Trinajstić information content (AvgIpc) is 3.19. The van der Waals surface area contributed by atoms with Crippen molar-refractivity contribution < 1.29 is 9.15 Å². The molecule has 1 aliphatic rings. The highest BCUT2D eigenvalue weighted by Gasteiger charge is 2.36. The van der Waals surface area contributed by atoms with Crippen molar-refractivity contribution in [3.05, 3.63) is 59.0 Å². The van der Waals surface area contributed by atoms with E-state index in [1.807, 2.05) is 24.3 Å². The quantitative estimate of drug-likeness (QED) is 0.600. The molecule has 1 aromatic carbocycles. The summed E-state index contributed by atoms with van der Waals surface area (Å²) in [5, 5.41) is 7.64. The Hall–Kier alpha value is -1.98. The minimum absolute atomic E-state index is 0.0464. The third-order valence-corrected chi connectivity index (χ3v) is 5.29. The number of halogens is 1. The van der Waals surface area contributed by atoms with Crippen LogP contribution in [0.2, 0.25) is 5.02 Å². The van der Waals surface area contributed by atoms with Gasteiger partial charge in [-0.3, -0.25) is 4.99 Å². The van der Waals surface area contributed by atoms with E-state index in [1.165, 1.54) is 5.56 Å². The predicted octanol–water partition coefficient (Wildman–Crippen LogP) is 3.39. The number of hydrogen-bond acceptors (Lipinski definition) is 3. The molecular weight excluding hydrogens is 350 g/mol. The maximum Gasteiger partial charge on any atom is 0.191 e. The summed E-state index contributed by atoms with van der Waals surface area (Å²) in [6, 6.07) is 12.0. The smallest absolute Gasteiger partial charge is 0.191 e. The first kappa shape index (κ1) is 18.8. The second-order valence-electron chi connectivity index (χ2n) is 6.55. The van der Waals surface area contributed by atoms with Crippen molar-refractivity contribution >= 4 is 17.6 Å². The number of ether oxygens (including phenoxy) is 1. The lowest BCUT2D eigenvalue weighted by Crippen LogP contribution is -2.48. The minimum atomic E-state index is -0.0464. The number of nitrogens with zero attached hydrogens (tertiary/aromatic N) is 1. The lowest BCUT2D eigenvalue weighted by Gasteiger charge is -2.38. The fourth-order valence-corrected chi connectivity index (χ4v) is 3.76. The number of guanidine groups is 1. The molecule has 0 atom stereocenters. The fourth-order valence-electron chi connectivity index (χ4n) is 3.43. The topological polar surface area (TPSA) is 58.8 Å². The molecule has 2 aromatic rings. The molecule has 2 N–H and O–H groups in total. The van der Waals surface area contributed by atoms with Crippen molar-refractivity contribution in [1.82, 2.24) is 10.6 Å². The monoisotopic (exact) mass is 375 g/mol. The highest BCUT2D eigenvalue weighted by Crippen LogP contribution is 2.38. The lowest BCUT2D eigenvalue weighted by molar-refractivity contribution is 0.0514. The van der Waals surface area contributed by atoms with Gasteiger partial charge in [0, 0.05) is 50.2 Å². The maximum absolute atomic E-state index is 6.51. The maximum atomic E-state index is 6.51. The van der Waals surface area contributed by atoms with Crippen LogP contribution in [0, 0.1) is 0 Å². The van der Waals surface area contributed by atoms with Crippen molar-refractivity contribution in [2.24, 2.45) is 4.99 Å².